The van der Waals surface area contributed by atoms with Crippen molar-refractivity contribution in [2.75, 3.05) is 19.8 Å². The van der Waals surface area contributed by atoms with Crippen LogP contribution in [0.3, 0.4) is 0 Å². The van der Waals surface area contributed by atoms with Crippen molar-refractivity contribution in [1.29, 1.82) is 0 Å². The van der Waals surface area contributed by atoms with Gasteiger partial charge in [0.05, 0.1) is 31.0 Å². The lowest BCUT2D eigenvalue weighted by Gasteiger charge is -2.07. The van der Waals surface area contributed by atoms with Crippen molar-refractivity contribution >= 4 is 16.0 Å². The number of nitrogens with zero attached hydrogens (tertiary/aromatic N) is 2. The van der Waals surface area contributed by atoms with E-state index in [2.05, 4.69) is 9.82 Å². The lowest BCUT2D eigenvalue weighted by Crippen LogP contribution is -2.28. The molecule has 0 atom stereocenters. The van der Waals surface area contributed by atoms with Crippen molar-refractivity contribution in [3.05, 3.63) is 11.4 Å². The van der Waals surface area contributed by atoms with Crippen LogP contribution in [0.2, 0.25) is 0 Å². The van der Waals surface area contributed by atoms with Gasteiger partial charge in [0.1, 0.15) is 4.90 Å². The summed E-state index contributed by atoms with van der Waals surface area (Å²) in [6.45, 7) is 6.15. The molecule has 0 aliphatic heterocycles. The van der Waals surface area contributed by atoms with Crippen LogP contribution in [0.5, 0.6) is 0 Å². The molecule has 0 spiro atoms. The molecule has 1 aromatic heterocycles. The highest BCUT2D eigenvalue weighted by molar-refractivity contribution is 7.89. The number of ether oxygens (including phenoxy) is 1. The Labute approximate surface area is 124 Å². The average Bonchev–Trinajstić information content (AvgIpc) is 2.67. The van der Waals surface area contributed by atoms with Crippen LogP contribution in [0.25, 0.3) is 0 Å². The topological polar surface area (TPSA) is 111 Å². The Balaban J connectivity index is 2.88. The molecule has 2 N–H and O–H groups in total. The van der Waals surface area contributed by atoms with E-state index < -0.39 is 16.0 Å². The molecule has 0 bridgehead atoms. The molecule has 0 radical (unpaired) electrons. The van der Waals surface area contributed by atoms with Gasteiger partial charge in [0.25, 0.3) is 0 Å². The first-order valence-corrected chi connectivity index (χ1v) is 8.11. The van der Waals surface area contributed by atoms with Crippen LogP contribution in [0, 0.1) is 13.8 Å². The van der Waals surface area contributed by atoms with Crippen LogP contribution >= 0.6 is 0 Å². The van der Waals surface area contributed by atoms with Gasteiger partial charge in [-0.1, -0.05) is 0 Å². The van der Waals surface area contributed by atoms with Crippen LogP contribution in [0.4, 0.5) is 0 Å². The van der Waals surface area contributed by atoms with Gasteiger partial charge in [-0.3, -0.25) is 9.48 Å². The van der Waals surface area contributed by atoms with Crippen molar-refractivity contribution in [2.24, 2.45) is 0 Å². The standard InChI is InChI=1S/C12H21N3O5S/c1-4-20-8-6-13-21(18,19)12-9(2)14-15(10(12)3)7-5-11(16)17/h13H,4-8H2,1-3H3,(H,16,17). The summed E-state index contributed by atoms with van der Waals surface area (Å²) in [5, 5.41) is 12.8. The number of sulfonamides is 1. The molecule has 1 aromatic rings. The third-order valence-corrected chi connectivity index (χ3v) is 4.58. The molecule has 21 heavy (non-hydrogen) atoms. The van der Waals surface area contributed by atoms with E-state index in [-0.39, 0.29) is 24.4 Å². The van der Waals surface area contributed by atoms with Crippen molar-refractivity contribution in [3.63, 3.8) is 0 Å². The number of aromatic nitrogens is 2. The summed E-state index contributed by atoms with van der Waals surface area (Å²) in [6.07, 6.45) is -0.112. The Bertz CT molecular complexity index is 594. The maximum atomic E-state index is 12.3. The van der Waals surface area contributed by atoms with E-state index in [1.54, 1.807) is 13.8 Å². The number of carbonyl (C=O) groups is 1. The molecule has 8 nitrogen and oxygen atoms in total. The molecule has 0 amide bonds. The molecule has 0 aromatic carbocycles. The fourth-order valence-electron chi connectivity index (χ4n) is 1.95. The Morgan fingerprint density at radius 2 is 2.10 bits per heavy atom. The molecule has 1 rings (SSSR count). The SMILES string of the molecule is CCOCCNS(=O)(=O)c1c(C)nn(CCC(=O)O)c1C. The van der Waals surface area contributed by atoms with E-state index >= 15 is 0 Å². The molecule has 0 fully saturated rings. The van der Waals surface area contributed by atoms with E-state index in [0.29, 0.717) is 24.6 Å². The van der Waals surface area contributed by atoms with Gasteiger partial charge in [-0.05, 0) is 20.8 Å². The van der Waals surface area contributed by atoms with Gasteiger partial charge in [-0.25, -0.2) is 13.1 Å². The van der Waals surface area contributed by atoms with Gasteiger partial charge in [0.2, 0.25) is 10.0 Å². The number of carboxylic acid groups (broad SMARTS) is 1. The zero-order valence-electron chi connectivity index (χ0n) is 12.4. The second-order valence-corrected chi connectivity index (χ2v) is 6.17. The monoisotopic (exact) mass is 319 g/mol. The Kier molecular flexibility index (Phi) is 6.31. The van der Waals surface area contributed by atoms with Crippen molar-refractivity contribution in [3.8, 4) is 0 Å². The first kappa shape index (κ1) is 17.6. The molecule has 0 aliphatic rings. The van der Waals surface area contributed by atoms with Gasteiger partial charge >= 0.3 is 5.97 Å². The van der Waals surface area contributed by atoms with Crippen molar-refractivity contribution < 1.29 is 23.1 Å². The molecule has 120 valence electrons. The minimum atomic E-state index is -3.68. The second-order valence-electron chi connectivity index (χ2n) is 4.46. The summed E-state index contributed by atoms with van der Waals surface area (Å²) in [4.78, 5) is 10.7. The minimum Gasteiger partial charge on any atom is -0.481 e. The van der Waals surface area contributed by atoms with Gasteiger partial charge < -0.3 is 9.84 Å². The van der Waals surface area contributed by atoms with Crippen LogP contribution in [0.1, 0.15) is 24.7 Å². The van der Waals surface area contributed by atoms with Crippen LogP contribution in [0.15, 0.2) is 4.90 Å². The molecule has 9 heteroatoms. The first-order chi connectivity index (χ1) is 9.79. The molecule has 0 saturated carbocycles. The first-order valence-electron chi connectivity index (χ1n) is 6.62. The molecule has 0 saturated heterocycles. The third-order valence-electron chi connectivity index (χ3n) is 2.86. The summed E-state index contributed by atoms with van der Waals surface area (Å²) < 4.78 is 33.4. The lowest BCUT2D eigenvalue weighted by atomic mass is 10.4. The zero-order chi connectivity index (χ0) is 16.0. The smallest absolute Gasteiger partial charge is 0.305 e. The molecular formula is C12H21N3O5S. The third kappa shape index (κ3) is 4.80. The summed E-state index contributed by atoms with van der Waals surface area (Å²) in [5.74, 6) is -0.957. The molecule has 0 unspecified atom stereocenters. The van der Waals surface area contributed by atoms with Gasteiger partial charge in [0.15, 0.2) is 0 Å². The molecule has 0 aliphatic carbocycles. The maximum absolute atomic E-state index is 12.3. The average molecular weight is 319 g/mol. The normalized spacial score (nSPS) is 11.8. The van der Waals surface area contributed by atoms with Gasteiger partial charge in [-0.2, -0.15) is 5.10 Å². The van der Waals surface area contributed by atoms with Crippen molar-refractivity contribution in [2.45, 2.75) is 38.6 Å². The summed E-state index contributed by atoms with van der Waals surface area (Å²) in [5.41, 5.74) is 0.777. The highest BCUT2D eigenvalue weighted by Gasteiger charge is 2.24. The van der Waals surface area contributed by atoms with Gasteiger partial charge in [0, 0.05) is 13.2 Å². The number of aryl methyl sites for hydroxylation is 2. The minimum absolute atomic E-state index is 0.101. The predicted octanol–water partition coefficient (Wildman–Crippen LogP) is 0.289. The number of hydrogen-bond donors (Lipinski definition) is 2. The van der Waals surface area contributed by atoms with Crippen molar-refractivity contribution in [1.82, 2.24) is 14.5 Å². The molecule has 1 heterocycles. The van der Waals surface area contributed by atoms with Crippen LogP contribution in [-0.2, 0) is 26.1 Å². The predicted molar refractivity (Wildman–Crippen MR) is 75.6 cm³/mol. The van der Waals surface area contributed by atoms with Crippen LogP contribution < -0.4 is 4.72 Å². The van der Waals surface area contributed by atoms with E-state index in [9.17, 15) is 13.2 Å². The van der Waals surface area contributed by atoms with E-state index in [0.717, 1.165) is 0 Å². The summed E-state index contributed by atoms with van der Waals surface area (Å²) in [7, 11) is -3.68. The summed E-state index contributed by atoms with van der Waals surface area (Å²) in [6, 6.07) is 0. The number of rotatable bonds is 9. The second kappa shape index (κ2) is 7.53. The number of hydrogen-bond acceptors (Lipinski definition) is 5. The fourth-order valence-corrected chi connectivity index (χ4v) is 3.37. The highest BCUT2D eigenvalue weighted by atomic mass is 32.2. The highest BCUT2D eigenvalue weighted by Crippen LogP contribution is 2.19. The number of aliphatic carboxylic acids is 1. The Morgan fingerprint density at radius 3 is 2.67 bits per heavy atom. The Hall–Kier alpha value is -1.45. The quantitative estimate of drug-likeness (QED) is 0.633. The van der Waals surface area contributed by atoms with E-state index in [1.807, 2.05) is 6.92 Å². The largest absolute Gasteiger partial charge is 0.481 e. The van der Waals surface area contributed by atoms with E-state index in [4.69, 9.17) is 9.84 Å². The van der Waals surface area contributed by atoms with Crippen LogP contribution in [-0.4, -0.2) is 49.0 Å². The Morgan fingerprint density at radius 1 is 1.43 bits per heavy atom. The lowest BCUT2D eigenvalue weighted by molar-refractivity contribution is -0.137. The van der Waals surface area contributed by atoms with E-state index in [1.165, 1.54) is 4.68 Å². The maximum Gasteiger partial charge on any atom is 0.305 e. The van der Waals surface area contributed by atoms with Gasteiger partial charge in [-0.15, -0.1) is 0 Å². The summed E-state index contributed by atoms with van der Waals surface area (Å²) >= 11 is 0. The molecular weight excluding hydrogens is 298 g/mol. The number of nitrogens with one attached hydrogen (secondary N) is 1. The fraction of sp³-hybridized carbons (Fsp3) is 0.667. The number of carboxylic acids is 1. The zero-order valence-corrected chi connectivity index (χ0v) is 13.2.